The Hall–Kier alpha value is -0.500. The maximum Gasteiger partial charge on any atom is 0.0900 e. The van der Waals surface area contributed by atoms with Crippen LogP contribution in [0.3, 0.4) is 0 Å². The van der Waals surface area contributed by atoms with E-state index < -0.39 is 6.10 Å². The van der Waals surface area contributed by atoms with Crippen molar-refractivity contribution in [2.24, 2.45) is 0 Å². The molecule has 1 aliphatic heterocycles. The monoisotopic (exact) mass is 342 g/mol. The lowest BCUT2D eigenvalue weighted by molar-refractivity contribution is -0.0127. The highest BCUT2D eigenvalue weighted by molar-refractivity contribution is 7.09. The van der Waals surface area contributed by atoms with E-state index in [9.17, 15) is 5.11 Å². The molecule has 2 heterocycles. The maximum absolute atomic E-state index is 10.2. The quantitative estimate of drug-likeness (QED) is 0.701. The molecule has 0 radical (unpaired) electrons. The predicted molar refractivity (Wildman–Crippen MR) is 93.9 cm³/mol. The van der Waals surface area contributed by atoms with Crippen molar-refractivity contribution < 1.29 is 14.6 Å². The molecule has 0 spiro atoms. The van der Waals surface area contributed by atoms with Crippen LogP contribution in [-0.4, -0.2) is 79.7 Å². The van der Waals surface area contributed by atoms with Crippen molar-refractivity contribution in [1.82, 2.24) is 9.80 Å². The Morgan fingerprint density at radius 1 is 1.39 bits per heavy atom. The van der Waals surface area contributed by atoms with Gasteiger partial charge in [0, 0.05) is 44.1 Å². The Kier molecular flexibility index (Phi) is 8.50. The molecule has 1 atom stereocenters. The van der Waals surface area contributed by atoms with Crippen molar-refractivity contribution in [3.05, 3.63) is 22.4 Å². The molecule has 132 valence electrons. The SMILES string of the molecule is CC(C)OC[C@H](O)CN(CCN1CCOCC1)Cc1cccs1. The van der Waals surface area contributed by atoms with E-state index in [2.05, 4.69) is 27.3 Å². The third-order valence-electron chi connectivity index (χ3n) is 3.89. The lowest BCUT2D eigenvalue weighted by Crippen LogP contribution is -2.43. The summed E-state index contributed by atoms with van der Waals surface area (Å²) in [6.45, 7) is 11.6. The number of morpholine rings is 1. The zero-order chi connectivity index (χ0) is 16.5. The van der Waals surface area contributed by atoms with Crippen LogP contribution >= 0.6 is 11.3 Å². The van der Waals surface area contributed by atoms with E-state index in [1.165, 1.54) is 4.88 Å². The highest BCUT2D eigenvalue weighted by Crippen LogP contribution is 2.12. The van der Waals surface area contributed by atoms with Gasteiger partial charge in [-0.25, -0.2) is 0 Å². The first kappa shape index (κ1) is 18.8. The van der Waals surface area contributed by atoms with Crippen LogP contribution < -0.4 is 0 Å². The lowest BCUT2D eigenvalue weighted by Gasteiger charge is -2.30. The number of aliphatic hydroxyl groups excluding tert-OH is 1. The Balaban J connectivity index is 1.80. The molecule has 0 unspecified atom stereocenters. The molecular weight excluding hydrogens is 312 g/mol. The first-order chi connectivity index (χ1) is 11.1. The second-order valence-corrected chi connectivity index (χ2v) is 7.34. The number of hydrogen-bond donors (Lipinski definition) is 1. The van der Waals surface area contributed by atoms with Gasteiger partial charge in [0.15, 0.2) is 0 Å². The summed E-state index contributed by atoms with van der Waals surface area (Å²) in [5, 5.41) is 12.3. The van der Waals surface area contributed by atoms with E-state index in [0.717, 1.165) is 45.9 Å². The third-order valence-corrected chi connectivity index (χ3v) is 4.75. The van der Waals surface area contributed by atoms with Gasteiger partial charge in [-0.05, 0) is 25.3 Å². The molecule has 2 rings (SSSR count). The molecule has 0 bridgehead atoms. The van der Waals surface area contributed by atoms with Crippen molar-refractivity contribution in [1.29, 1.82) is 0 Å². The van der Waals surface area contributed by atoms with Crippen molar-refractivity contribution in [3.63, 3.8) is 0 Å². The largest absolute Gasteiger partial charge is 0.389 e. The second kappa shape index (κ2) is 10.4. The highest BCUT2D eigenvalue weighted by atomic mass is 32.1. The Morgan fingerprint density at radius 3 is 2.83 bits per heavy atom. The molecular formula is C17H30N2O3S. The Labute approximate surface area is 143 Å². The lowest BCUT2D eigenvalue weighted by atomic mass is 10.3. The molecule has 0 saturated carbocycles. The minimum absolute atomic E-state index is 0.156. The summed E-state index contributed by atoms with van der Waals surface area (Å²) in [5.41, 5.74) is 0. The number of ether oxygens (including phenoxy) is 2. The van der Waals surface area contributed by atoms with E-state index in [0.29, 0.717) is 13.2 Å². The van der Waals surface area contributed by atoms with Gasteiger partial charge in [0.1, 0.15) is 0 Å². The average Bonchev–Trinajstić information content (AvgIpc) is 3.04. The van der Waals surface area contributed by atoms with E-state index >= 15 is 0 Å². The fourth-order valence-electron chi connectivity index (χ4n) is 2.62. The van der Waals surface area contributed by atoms with Gasteiger partial charge in [-0.3, -0.25) is 9.80 Å². The van der Waals surface area contributed by atoms with Crippen LogP contribution in [0.5, 0.6) is 0 Å². The number of thiophene rings is 1. The van der Waals surface area contributed by atoms with Crippen LogP contribution in [0.1, 0.15) is 18.7 Å². The number of nitrogens with zero attached hydrogens (tertiary/aromatic N) is 2. The molecule has 0 aromatic carbocycles. The molecule has 1 aromatic heterocycles. The molecule has 1 saturated heterocycles. The van der Waals surface area contributed by atoms with Crippen LogP contribution in [0.2, 0.25) is 0 Å². The minimum atomic E-state index is -0.443. The van der Waals surface area contributed by atoms with Crippen molar-refractivity contribution in [2.45, 2.75) is 32.6 Å². The summed E-state index contributed by atoms with van der Waals surface area (Å²) in [4.78, 5) is 6.10. The summed E-state index contributed by atoms with van der Waals surface area (Å²) in [7, 11) is 0. The molecule has 0 amide bonds. The van der Waals surface area contributed by atoms with Crippen molar-refractivity contribution >= 4 is 11.3 Å². The van der Waals surface area contributed by atoms with Crippen LogP contribution in [0.15, 0.2) is 17.5 Å². The van der Waals surface area contributed by atoms with Crippen LogP contribution in [-0.2, 0) is 16.0 Å². The van der Waals surface area contributed by atoms with Crippen LogP contribution in [0.25, 0.3) is 0 Å². The summed E-state index contributed by atoms with van der Waals surface area (Å²) < 4.78 is 10.9. The molecule has 1 N–H and O–H groups in total. The normalized spacial score (nSPS) is 18.0. The number of rotatable bonds is 10. The van der Waals surface area contributed by atoms with Crippen LogP contribution in [0, 0.1) is 0 Å². The summed E-state index contributed by atoms with van der Waals surface area (Å²) in [6, 6.07) is 4.24. The number of hydrogen-bond acceptors (Lipinski definition) is 6. The van der Waals surface area contributed by atoms with E-state index in [1.807, 2.05) is 13.8 Å². The van der Waals surface area contributed by atoms with Gasteiger partial charge in [-0.2, -0.15) is 0 Å². The zero-order valence-corrected chi connectivity index (χ0v) is 15.1. The topological polar surface area (TPSA) is 45.2 Å². The van der Waals surface area contributed by atoms with E-state index in [-0.39, 0.29) is 6.10 Å². The molecule has 1 aliphatic rings. The van der Waals surface area contributed by atoms with Crippen LogP contribution in [0.4, 0.5) is 0 Å². The fourth-order valence-corrected chi connectivity index (χ4v) is 3.37. The molecule has 23 heavy (non-hydrogen) atoms. The Bertz CT molecular complexity index is 408. The highest BCUT2D eigenvalue weighted by Gasteiger charge is 2.16. The molecule has 1 fully saturated rings. The van der Waals surface area contributed by atoms with E-state index in [4.69, 9.17) is 9.47 Å². The molecule has 0 aliphatic carbocycles. The van der Waals surface area contributed by atoms with Crippen molar-refractivity contribution in [3.8, 4) is 0 Å². The van der Waals surface area contributed by atoms with Gasteiger partial charge in [0.25, 0.3) is 0 Å². The first-order valence-electron chi connectivity index (χ1n) is 8.48. The summed E-state index contributed by atoms with van der Waals surface area (Å²) in [6.07, 6.45) is -0.286. The molecule has 6 heteroatoms. The zero-order valence-electron chi connectivity index (χ0n) is 14.3. The van der Waals surface area contributed by atoms with Gasteiger partial charge in [-0.1, -0.05) is 6.07 Å². The number of aliphatic hydroxyl groups is 1. The summed E-state index contributed by atoms with van der Waals surface area (Å²) >= 11 is 1.77. The maximum atomic E-state index is 10.2. The Morgan fingerprint density at radius 2 is 2.17 bits per heavy atom. The fraction of sp³-hybridized carbons (Fsp3) is 0.765. The third kappa shape index (κ3) is 7.74. The standard InChI is InChI=1S/C17H30N2O3S/c1-15(2)22-14-16(20)12-19(13-17-4-3-11-23-17)6-5-18-7-9-21-10-8-18/h3-4,11,15-16,20H,5-10,12-14H2,1-2H3/t16-/m1/s1. The average molecular weight is 343 g/mol. The van der Waals surface area contributed by atoms with Crippen molar-refractivity contribution in [2.75, 3.05) is 52.5 Å². The van der Waals surface area contributed by atoms with Gasteiger partial charge >= 0.3 is 0 Å². The second-order valence-electron chi connectivity index (χ2n) is 6.30. The summed E-state index contributed by atoms with van der Waals surface area (Å²) in [5.74, 6) is 0. The minimum Gasteiger partial charge on any atom is -0.389 e. The first-order valence-corrected chi connectivity index (χ1v) is 9.36. The van der Waals surface area contributed by atoms with Gasteiger partial charge in [0.05, 0.1) is 32.0 Å². The predicted octanol–water partition coefficient (Wildman–Crippen LogP) is 1.67. The molecule has 1 aromatic rings. The van der Waals surface area contributed by atoms with Gasteiger partial charge in [0.2, 0.25) is 0 Å². The molecule has 5 nitrogen and oxygen atoms in total. The van der Waals surface area contributed by atoms with E-state index in [1.54, 1.807) is 11.3 Å². The van der Waals surface area contributed by atoms with Gasteiger partial charge < -0.3 is 14.6 Å². The van der Waals surface area contributed by atoms with Gasteiger partial charge in [-0.15, -0.1) is 11.3 Å². The smallest absolute Gasteiger partial charge is 0.0900 e.